The summed E-state index contributed by atoms with van der Waals surface area (Å²) >= 11 is 1.59. The number of thiazole rings is 1. The summed E-state index contributed by atoms with van der Waals surface area (Å²) in [5, 5.41) is 97.6. The van der Waals surface area contributed by atoms with Crippen molar-refractivity contribution in [3.63, 3.8) is 0 Å². The molecule has 3 aromatic carbocycles. The largest absolute Gasteiger partial charge is 0.507 e. The lowest BCUT2D eigenvalue weighted by atomic mass is 9.79. The molecule has 0 aliphatic carbocycles. The number of phenols is 3. The van der Waals surface area contributed by atoms with Crippen LogP contribution in [0.3, 0.4) is 0 Å². The normalized spacial score (nSPS) is 18.2. The van der Waals surface area contributed by atoms with Gasteiger partial charge < -0.3 is 35.8 Å². The summed E-state index contributed by atoms with van der Waals surface area (Å²) in [5.41, 5.74) is 10.3. The van der Waals surface area contributed by atoms with Crippen molar-refractivity contribution in [2.24, 2.45) is 7.05 Å². The van der Waals surface area contributed by atoms with Crippen molar-refractivity contribution in [3.05, 3.63) is 120 Å². The molecule has 15 rings (SSSR count). The number of nitrogens with one attached hydrogen (secondary N) is 3. The van der Waals surface area contributed by atoms with E-state index in [0.717, 1.165) is 82.2 Å². The van der Waals surface area contributed by atoms with Crippen LogP contribution in [0.15, 0.2) is 97.6 Å². The van der Waals surface area contributed by atoms with E-state index in [-0.39, 0.29) is 68.6 Å². The summed E-state index contributed by atoms with van der Waals surface area (Å²) in [6, 6.07) is 22.2. The molecular weight excluding hydrogens is 1260 g/mol. The maximum atomic E-state index is 14.0. The van der Waals surface area contributed by atoms with E-state index in [1.807, 2.05) is 94.2 Å². The van der Waals surface area contributed by atoms with Crippen molar-refractivity contribution in [3.8, 4) is 78.3 Å². The number of piperidine rings is 3. The Morgan fingerprint density at radius 2 is 0.939 bits per heavy atom. The van der Waals surface area contributed by atoms with Crippen LogP contribution in [0.2, 0.25) is 0 Å². The van der Waals surface area contributed by atoms with E-state index in [0.29, 0.717) is 67.2 Å². The minimum absolute atomic E-state index is 0.00125. The standard InChI is InChI=1S/C24H28FN7O.C24H30N8O.C23H27N7OS/c1-23(2)10-16(11-24(3,4)30-23)32-22-15(12-26-32)8-19(27-28-22)17-7-6-14(9-20(17)33)18-13-31(5)29-21(18)25;1-14-13-31(15(2)25-14)16-7-8-18(21(33)9-16)19-10-20-22(28-26-19)32(30-27-20)17-11-23(3,4)29-24(5,6)12-17;1-13-24-12-20(32-13)14-6-7-16(19(31)8-14)17-9-18-21(27-25-17)30(29-26-18)15-10-22(2,3)28-23(4,5)11-15/h6-9,12-13,16,30,33H,10-11H2,1-5H3;7-10,13,17,29,33H,11-12H2,1-6H3;6-9,12,15,28,31H,10-11H2,1-5H3. The third-order valence-corrected chi connectivity index (χ3v) is 19.4. The molecule has 25 nitrogen and oxygen atoms in total. The minimum Gasteiger partial charge on any atom is -0.507 e. The molecule has 0 atom stereocenters. The van der Waals surface area contributed by atoms with E-state index in [1.165, 1.54) is 10.7 Å². The lowest BCUT2D eigenvalue weighted by Gasteiger charge is -2.46. The Morgan fingerprint density at radius 1 is 0.490 bits per heavy atom. The Balaban J connectivity index is 0.000000132. The number of aromatic hydroxyl groups is 3. The van der Waals surface area contributed by atoms with E-state index < -0.39 is 5.95 Å². The topological polar surface area (TPSA) is 302 Å². The highest BCUT2D eigenvalue weighted by atomic mass is 32.1. The lowest BCUT2D eigenvalue weighted by Crippen LogP contribution is -2.58. The Kier molecular flexibility index (Phi) is 16.9. The van der Waals surface area contributed by atoms with E-state index in [9.17, 15) is 19.7 Å². The highest BCUT2D eigenvalue weighted by Gasteiger charge is 2.42. The van der Waals surface area contributed by atoms with Gasteiger partial charge in [-0.25, -0.2) is 24.0 Å². The minimum atomic E-state index is -0.581. The molecule has 3 aliphatic heterocycles. The molecule has 3 aliphatic rings. The molecule has 0 saturated carbocycles. The smallest absolute Gasteiger partial charge is 0.240 e. The van der Waals surface area contributed by atoms with Gasteiger partial charge in [-0.05, 0) is 208 Å². The molecule has 6 N–H and O–H groups in total. The van der Waals surface area contributed by atoms with Gasteiger partial charge in [0.05, 0.1) is 68.2 Å². The molecule has 3 saturated heterocycles. The zero-order chi connectivity index (χ0) is 69.8. The van der Waals surface area contributed by atoms with Gasteiger partial charge in [0, 0.05) is 87.0 Å². The van der Waals surface area contributed by atoms with Crippen molar-refractivity contribution in [2.75, 3.05) is 0 Å². The van der Waals surface area contributed by atoms with Gasteiger partial charge in [0.15, 0.2) is 5.65 Å². The number of rotatable bonds is 9. The van der Waals surface area contributed by atoms with Gasteiger partial charge in [0.2, 0.25) is 17.2 Å². The molecular formula is C71H85FN22O3S. The van der Waals surface area contributed by atoms with Gasteiger partial charge >= 0.3 is 0 Å². The summed E-state index contributed by atoms with van der Waals surface area (Å²) in [6.07, 6.45) is 12.7. The van der Waals surface area contributed by atoms with Crippen molar-refractivity contribution in [1.29, 1.82) is 0 Å². The number of halogens is 1. The predicted octanol–water partition coefficient (Wildman–Crippen LogP) is 12.6. The monoisotopic (exact) mass is 1340 g/mol. The fraction of sp³-hybridized carbons (Fsp3) is 0.437. The van der Waals surface area contributed by atoms with Crippen LogP contribution >= 0.6 is 11.3 Å². The summed E-state index contributed by atoms with van der Waals surface area (Å²) in [6.45, 7) is 32.4. The summed E-state index contributed by atoms with van der Waals surface area (Å²) in [5.74, 6) is 0.556. The number of benzene rings is 3. The molecule has 12 aromatic rings. The van der Waals surface area contributed by atoms with Crippen LogP contribution < -0.4 is 16.0 Å². The summed E-state index contributed by atoms with van der Waals surface area (Å²) < 4.78 is 23.2. The maximum Gasteiger partial charge on any atom is 0.240 e. The van der Waals surface area contributed by atoms with Crippen molar-refractivity contribution >= 4 is 44.7 Å². The van der Waals surface area contributed by atoms with Gasteiger partial charge in [-0.2, -0.15) is 9.49 Å². The lowest BCUT2D eigenvalue weighted by molar-refractivity contribution is 0.126. The molecule has 27 heteroatoms. The third kappa shape index (κ3) is 14.0. The molecule has 98 heavy (non-hydrogen) atoms. The van der Waals surface area contributed by atoms with E-state index in [2.05, 4.69) is 170 Å². The van der Waals surface area contributed by atoms with Crippen molar-refractivity contribution < 1.29 is 19.7 Å². The molecule has 0 spiro atoms. The molecule has 0 radical (unpaired) electrons. The highest BCUT2D eigenvalue weighted by molar-refractivity contribution is 7.15. The average Bonchev–Trinajstić information content (AvgIpc) is 1.59. The fourth-order valence-electron chi connectivity index (χ4n) is 15.6. The molecule has 12 heterocycles. The van der Waals surface area contributed by atoms with Crippen LogP contribution in [0.25, 0.3) is 94.4 Å². The van der Waals surface area contributed by atoms with Gasteiger partial charge in [0.1, 0.15) is 34.1 Å². The second kappa shape index (κ2) is 24.8. The fourth-order valence-corrected chi connectivity index (χ4v) is 16.3. The van der Waals surface area contributed by atoms with Crippen LogP contribution in [-0.2, 0) is 7.05 Å². The second-order valence-electron chi connectivity index (χ2n) is 30.6. The van der Waals surface area contributed by atoms with Gasteiger partial charge in [0.25, 0.3) is 0 Å². The first-order chi connectivity index (χ1) is 46.1. The Bertz CT molecular complexity index is 4740. The van der Waals surface area contributed by atoms with Crippen LogP contribution in [0, 0.1) is 26.7 Å². The van der Waals surface area contributed by atoms with E-state index >= 15 is 0 Å². The third-order valence-electron chi connectivity index (χ3n) is 18.4. The van der Waals surface area contributed by atoms with Crippen LogP contribution in [0.1, 0.15) is 156 Å². The summed E-state index contributed by atoms with van der Waals surface area (Å²) in [4.78, 5) is 9.73. The number of imidazole rings is 1. The number of phenolic OH excluding ortho intramolecular Hbond substituents is 3. The van der Waals surface area contributed by atoms with Gasteiger partial charge in [-0.3, -0.25) is 4.68 Å². The number of nitrogens with zero attached hydrogens (tertiary/aromatic N) is 19. The van der Waals surface area contributed by atoms with Crippen LogP contribution in [-0.4, -0.2) is 143 Å². The zero-order valence-corrected chi connectivity index (χ0v) is 59.2. The van der Waals surface area contributed by atoms with Crippen LogP contribution in [0.5, 0.6) is 17.2 Å². The first-order valence-electron chi connectivity index (χ1n) is 33.0. The molecule has 0 amide bonds. The number of aromatic nitrogens is 19. The number of fused-ring (bicyclic) bond motifs is 3. The Hall–Kier alpha value is -9.57. The molecule has 3 fully saturated rings. The van der Waals surface area contributed by atoms with Gasteiger partial charge in [-0.1, -0.05) is 22.6 Å². The van der Waals surface area contributed by atoms with Crippen LogP contribution in [0.4, 0.5) is 4.39 Å². The predicted molar refractivity (Wildman–Crippen MR) is 376 cm³/mol. The van der Waals surface area contributed by atoms with E-state index in [4.69, 9.17) is 0 Å². The Morgan fingerprint density at radius 3 is 1.38 bits per heavy atom. The Labute approximate surface area is 571 Å². The highest BCUT2D eigenvalue weighted by Crippen LogP contribution is 2.42. The number of hydrogen-bond donors (Lipinski definition) is 6. The first kappa shape index (κ1) is 67.0. The number of aryl methyl sites for hydroxylation is 4. The zero-order valence-electron chi connectivity index (χ0n) is 58.3. The number of hydrogen-bond acceptors (Lipinski definition) is 21. The molecule has 0 unspecified atom stereocenters. The van der Waals surface area contributed by atoms with Crippen molar-refractivity contribution in [2.45, 2.75) is 194 Å². The first-order valence-corrected chi connectivity index (χ1v) is 33.9. The second-order valence-corrected chi connectivity index (χ2v) is 31.9. The van der Waals surface area contributed by atoms with Crippen molar-refractivity contribution in [1.82, 2.24) is 111 Å². The molecule has 9 aromatic heterocycles. The summed E-state index contributed by atoms with van der Waals surface area (Å²) in [7, 11) is 1.65. The molecule has 510 valence electrons. The maximum absolute atomic E-state index is 14.0. The van der Waals surface area contributed by atoms with Gasteiger partial charge in [-0.15, -0.1) is 57.2 Å². The average molecular weight is 1350 g/mol. The molecule has 0 bridgehead atoms. The van der Waals surface area contributed by atoms with E-state index in [1.54, 1.807) is 55.0 Å². The SMILES string of the molecule is Cc1cn(-c2ccc(-c3cc4nnn(C5CC(C)(C)NC(C)(C)C5)c4nn3)c(O)c2)c(C)n1.Cc1ncc(-c2ccc(-c3cc4nnn(C5CC(C)(C)NC(C)(C)C5)c4nn3)c(O)c2)s1.Cn1cc(-c2ccc(-c3cc4cnn(C5CC(C)(C)NC(C)(C)C5)c4nn3)c(O)c2)c(F)n1. The quantitative estimate of drug-likeness (QED) is 0.0782.